The number of anilines is 1. The zero-order valence-corrected chi connectivity index (χ0v) is 11.9. The van der Waals surface area contributed by atoms with E-state index in [4.69, 9.17) is 0 Å². The lowest BCUT2D eigenvalue weighted by Crippen LogP contribution is -2.23. The van der Waals surface area contributed by atoms with Crippen LogP contribution in [0.2, 0.25) is 0 Å². The highest BCUT2D eigenvalue weighted by Crippen LogP contribution is 2.11. The van der Waals surface area contributed by atoms with Crippen LogP contribution in [0, 0.1) is 0 Å². The maximum Gasteiger partial charge on any atom is 0.242 e. The Kier molecular flexibility index (Phi) is 4.70. The van der Waals surface area contributed by atoms with Gasteiger partial charge < -0.3 is 9.84 Å². The van der Waals surface area contributed by atoms with E-state index in [1.165, 1.54) is 18.5 Å². The Morgan fingerprint density at radius 3 is 2.75 bits per heavy atom. The summed E-state index contributed by atoms with van der Waals surface area (Å²) in [6.07, 6.45) is 3.68. The van der Waals surface area contributed by atoms with E-state index in [1.54, 1.807) is 12.1 Å². The molecule has 2 aromatic rings. The maximum atomic E-state index is 12.0. The molecule has 20 heavy (non-hydrogen) atoms. The van der Waals surface area contributed by atoms with Crippen LogP contribution in [0.1, 0.15) is 19.0 Å². The van der Waals surface area contributed by atoms with E-state index in [9.17, 15) is 8.42 Å². The zero-order chi connectivity index (χ0) is 14.4. The number of hydrogen-bond acceptors (Lipinski definition) is 6. The molecule has 0 unspecified atom stereocenters. The molecule has 0 saturated heterocycles. The van der Waals surface area contributed by atoms with Gasteiger partial charge in [0.05, 0.1) is 12.2 Å². The molecular formula is C12H16N4O3S. The molecule has 108 valence electrons. The molecule has 0 spiro atoms. The van der Waals surface area contributed by atoms with Crippen molar-refractivity contribution in [1.29, 1.82) is 0 Å². The quantitative estimate of drug-likeness (QED) is 0.801. The smallest absolute Gasteiger partial charge is 0.242 e. The molecule has 0 radical (unpaired) electrons. The van der Waals surface area contributed by atoms with Gasteiger partial charge in [0.1, 0.15) is 17.0 Å². The van der Waals surface area contributed by atoms with Gasteiger partial charge in [-0.3, -0.25) is 0 Å². The monoisotopic (exact) mass is 296 g/mol. The fraction of sp³-hybridized carbons (Fsp3) is 0.333. The summed E-state index contributed by atoms with van der Waals surface area (Å²) in [7, 11) is -3.60. The number of aromatic nitrogens is 2. The molecule has 2 rings (SSSR count). The minimum Gasteiger partial charge on any atom is -0.370 e. The zero-order valence-electron chi connectivity index (χ0n) is 11.0. The Balaban J connectivity index is 2.01. The summed E-state index contributed by atoms with van der Waals surface area (Å²) < 4.78 is 31.1. The first-order chi connectivity index (χ1) is 9.62. The van der Waals surface area contributed by atoms with E-state index < -0.39 is 10.0 Å². The predicted molar refractivity (Wildman–Crippen MR) is 73.5 cm³/mol. The molecule has 0 saturated carbocycles. The van der Waals surface area contributed by atoms with Crippen LogP contribution in [0.15, 0.2) is 40.1 Å². The average molecular weight is 296 g/mol. The Labute approximate surface area is 117 Å². The first-order valence-corrected chi connectivity index (χ1v) is 7.69. The molecule has 0 aliphatic carbocycles. The van der Waals surface area contributed by atoms with Gasteiger partial charge in [-0.2, -0.15) is 0 Å². The number of nitrogens with zero attached hydrogens (tertiary/aromatic N) is 2. The summed E-state index contributed by atoms with van der Waals surface area (Å²) in [5.74, 6) is 0.655. The normalized spacial score (nSPS) is 11.4. The van der Waals surface area contributed by atoms with Crippen molar-refractivity contribution in [3.63, 3.8) is 0 Å². The standard InChI is InChI=1S/C12H16N4O3S/c1-2-6-13-12-4-3-11(9-14-12)20(17,18)15-8-10-5-7-19-16-10/h3-5,7,9,15H,2,6,8H2,1H3,(H,13,14). The van der Waals surface area contributed by atoms with Gasteiger partial charge in [-0.1, -0.05) is 12.1 Å². The Hall–Kier alpha value is -1.93. The second-order valence-electron chi connectivity index (χ2n) is 4.12. The van der Waals surface area contributed by atoms with E-state index in [0.717, 1.165) is 13.0 Å². The van der Waals surface area contributed by atoms with Gasteiger partial charge in [-0.05, 0) is 18.6 Å². The van der Waals surface area contributed by atoms with E-state index in [0.29, 0.717) is 11.5 Å². The SMILES string of the molecule is CCCNc1ccc(S(=O)(=O)NCc2ccon2)cn1. The van der Waals surface area contributed by atoms with Crippen LogP contribution >= 0.6 is 0 Å². The Morgan fingerprint density at radius 1 is 1.30 bits per heavy atom. The number of pyridine rings is 1. The van der Waals surface area contributed by atoms with E-state index in [1.807, 2.05) is 6.92 Å². The second-order valence-corrected chi connectivity index (χ2v) is 5.89. The molecular weight excluding hydrogens is 280 g/mol. The molecule has 0 aliphatic rings. The third-order valence-corrected chi connectivity index (χ3v) is 3.92. The summed E-state index contributed by atoms with van der Waals surface area (Å²) in [6, 6.07) is 4.75. The van der Waals surface area contributed by atoms with Gasteiger partial charge in [-0.15, -0.1) is 0 Å². The van der Waals surface area contributed by atoms with Crippen molar-refractivity contribution in [2.75, 3.05) is 11.9 Å². The van der Waals surface area contributed by atoms with Crippen molar-refractivity contribution in [2.45, 2.75) is 24.8 Å². The number of sulfonamides is 1. The Bertz CT molecular complexity index is 623. The maximum absolute atomic E-state index is 12.0. The lowest BCUT2D eigenvalue weighted by molar-refractivity contribution is 0.411. The first-order valence-electron chi connectivity index (χ1n) is 6.20. The highest BCUT2D eigenvalue weighted by atomic mass is 32.2. The topological polar surface area (TPSA) is 97.1 Å². The minimum atomic E-state index is -3.60. The van der Waals surface area contributed by atoms with Crippen LogP contribution in [0.3, 0.4) is 0 Å². The van der Waals surface area contributed by atoms with Crippen LogP contribution in [-0.2, 0) is 16.6 Å². The molecule has 8 heteroatoms. The van der Waals surface area contributed by atoms with Gasteiger partial charge >= 0.3 is 0 Å². The van der Waals surface area contributed by atoms with Gasteiger partial charge in [0.25, 0.3) is 0 Å². The number of rotatable bonds is 7. The van der Waals surface area contributed by atoms with E-state index in [2.05, 4.69) is 24.7 Å². The fourth-order valence-corrected chi connectivity index (χ4v) is 2.42. The molecule has 2 N–H and O–H groups in total. The van der Waals surface area contributed by atoms with E-state index in [-0.39, 0.29) is 11.4 Å². The van der Waals surface area contributed by atoms with Crippen molar-refractivity contribution in [2.24, 2.45) is 0 Å². The summed E-state index contributed by atoms with van der Waals surface area (Å²) in [5, 5.41) is 6.71. The number of nitrogens with one attached hydrogen (secondary N) is 2. The summed E-state index contributed by atoms with van der Waals surface area (Å²) in [6.45, 7) is 2.91. The van der Waals surface area contributed by atoms with Crippen molar-refractivity contribution < 1.29 is 12.9 Å². The molecule has 0 atom stereocenters. The summed E-state index contributed by atoms with van der Waals surface area (Å²) in [4.78, 5) is 4.18. The van der Waals surface area contributed by atoms with Crippen LogP contribution in [0.25, 0.3) is 0 Å². The largest absolute Gasteiger partial charge is 0.370 e. The lowest BCUT2D eigenvalue weighted by atomic mass is 10.4. The molecule has 0 aliphatic heterocycles. The molecule has 0 amide bonds. The minimum absolute atomic E-state index is 0.0780. The molecule has 0 bridgehead atoms. The highest BCUT2D eigenvalue weighted by molar-refractivity contribution is 7.89. The van der Waals surface area contributed by atoms with Crippen LogP contribution < -0.4 is 10.0 Å². The number of hydrogen-bond donors (Lipinski definition) is 2. The third kappa shape index (κ3) is 3.78. The van der Waals surface area contributed by atoms with Gasteiger partial charge in [0.2, 0.25) is 10.0 Å². The summed E-state index contributed by atoms with van der Waals surface area (Å²) in [5.41, 5.74) is 0.516. The van der Waals surface area contributed by atoms with Gasteiger partial charge in [-0.25, -0.2) is 18.1 Å². The molecule has 2 aromatic heterocycles. The molecule has 2 heterocycles. The molecule has 0 fully saturated rings. The van der Waals surface area contributed by atoms with Crippen molar-refractivity contribution in [1.82, 2.24) is 14.9 Å². The molecule has 7 nitrogen and oxygen atoms in total. The summed E-state index contributed by atoms with van der Waals surface area (Å²) >= 11 is 0. The third-order valence-electron chi connectivity index (χ3n) is 2.54. The van der Waals surface area contributed by atoms with Crippen LogP contribution in [0.5, 0.6) is 0 Å². The molecule has 0 aromatic carbocycles. The second kappa shape index (κ2) is 6.49. The van der Waals surface area contributed by atoms with Crippen LogP contribution in [0.4, 0.5) is 5.82 Å². The van der Waals surface area contributed by atoms with Crippen LogP contribution in [-0.4, -0.2) is 25.1 Å². The van der Waals surface area contributed by atoms with Crippen molar-refractivity contribution in [3.8, 4) is 0 Å². The van der Waals surface area contributed by atoms with Crippen molar-refractivity contribution >= 4 is 15.8 Å². The van der Waals surface area contributed by atoms with Crippen molar-refractivity contribution in [3.05, 3.63) is 36.4 Å². The lowest BCUT2D eigenvalue weighted by Gasteiger charge is -2.07. The van der Waals surface area contributed by atoms with Gasteiger partial charge in [0.15, 0.2) is 0 Å². The predicted octanol–water partition coefficient (Wildman–Crippen LogP) is 1.37. The first kappa shape index (κ1) is 14.5. The van der Waals surface area contributed by atoms with E-state index >= 15 is 0 Å². The highest BCUT2D eigenvalue weighted by Gasteiger charge is 2.14. The van der Waals surface area contributed by atoms with Gasteiger partial charge in [0, 0.05) is 18.8 Å². The fourth-order valence-electron chi connectivity index (χ4n) is 1.48. The Morgan fingerprint density at radius 2 is 2.15 bits per heavy atom. The average Bonchev–Trinajstić information content (AvgIpc) is 2.97.